The van der Waals surface area contributed by atoms with Gasteiger partial charge in [-0.15, -0.1) is 22.7 Å². The molecule has 22 heavy (non-hydrogen) atoms. The summed E-state index contributed by atoms with van der Waals surface area (Å²) >= 11 is 3.18. The minimum atomic E-state index is -0.600. The summed E-state index contributed by atoms with van der Waals surface area (Å²) in [4.78, 5) is 27.8. The Balaban J connectivity index is 1.81. The molecule has 2 aromatic rings. The van der Waals surface area contributed by atoms with Gasteiger partial charge in [0.2, 0.25) is 0 Å². The van der Waals surface area contributed by atoms with Gasteiger partial charge < -0.3 is 15.5 Å². The Morgan fingerprint density at radius 3 is 2.36 bits per heavy atom. The van der Waals surface area contributed by atoms with Crippen LogP contribution in [0.25, 0.3) is 0 Å². The van der Waals surface area contributed by atoms with Gasteiger partial charge in [-0.05, 0) is 37.0 Å². The fourth-order valence-electron chi connectivity index (χ4n) is 1.95. The van der Waals surface area contributed by atoms with Crippen LogP contribution in [0.2, 0.25) is 0 Å². The zero-order valence-electron chi connectivity index (χ0n) is 12.5. The zero-order chi connectivity index (χ0) is 15.9. The van der Waals surface area contributed by atoms with Gasteiger partial charge >= 0.3 is 11.8 Å². The summed E-state index contributed by atoms with van der Waals surface area (Å²) in [6, 6.07) is 7.90. The highest BCUT2D eigenvalue weighted by atomic mass is 32.1. The van der Waals surface area contributed by atoms with E-state index in [0.717, 1.165) is 9.75 Å². The monoisotopic (exact) mass is 337 g/mol. The summed E-state index contributed by atoms with van der Waals surface area (Å²) in [5, 5.41) is 9.26. The first-order valence-electron chi connectivity index (χ1n) is 6.86. The van der Waals surface area contributed by atoms with E-state index >= 15 is 0 Å². The fourth-order valence-corrected chi connectivity index (χ4v) is 3.52. The van der Waals surface area contributed by atoms with Gasteiger partial charge in [-0.1, -0.05) is 12.1 Å². The minimum absolute atomic E-state index is 0.0639. The van der Waals surface area contributed by atoms with E-state index < -0.39 is 11.8 Å². The van der Waals surface area contributed by atoms with Crippen LogP contribution in [0.5, 0.6) is 0 Å². The van der Waals surface area contributed by atoms with E-state index in [4.69, 9.17) is 0 Å². The molecule has 5 nitrogen and oxygen atoms in total. The van der Waals surface area contributed by atoms with E-state index in [2.05, 4.69) is 10.6 Å². The SMILES string of the molecule is CN(C)C(CNC(=O)C(=O)NCc1cccs1)c1cccs1. The summed E-state index contributed by atoms with van der Waals surface area (Å²) in [6.45, 7) is 0.782. The maximum atomic E-state index is 11.9. The van der Waals surface area contributed by atoms with Gasteiger partial charge in [0.1, 0.15) is 0 Å². The number of nitrogens with one attached hydrogen (secondary N) is 2. The predicted octanol–water partition coefficient (Wildman–Crippen LogP) is 1.84. The van der Waals surface area contributed by atoms with Gasteiger partial charge in [0.05, 0.1) is 12.6 Å². The van der Waals surface area contributed by atoms with Crippen molar-refractivity contribution in [3.05, 3.63) is 44.8 Å². The zero-order valence-corrected chi connectivity index (χ0v) is 14.2. The number of carbonyl (C=O) groups excluding carboxylic acids is 2. The molecule has 2 aromatic heterocycles. The molecule has 0 fully saturated rings. The van der Waals surface area contributed by atoms with Gasteiger partial charge in [0, 0.05) is 16.3 Å². The number of likely N-dealkylation sites (N-methyl/N-ethyl adjacent to an activating group) is 1. The second-order valence-electron chi connectivity index (χ2n) is 4.97. The molecule has 2 amide bonds. The van der Waals surface area contributed by atoms with E-state index in [1.165, 1.54) is 0 Å². The first-order valence-corrected chi connectivity index (χ1v) is 8.62. The van der Waals surface area contributed by atoms with E-state index in [-0.39, 0.29) is 6.04 Å². The second kappa shape index (κ2) is 8.07. The molecule has 0 aliphatic carbocycles. The van der Waals surface area contributed by atoms with E-state index in [1.54, 1.807) is 22.7 Å². The van der Waals surface area contributed by atoms with Crippen molar-refractivity contribution >= 4 is 34.5 Å². The van der Waals surface area contributed by atoms with Crippen LogP contribution in [-0.2, 0) is 16.1 Å². The quantitative estimate of drug-likeness (QED) is 0.791. The van der Waals surface area contributed by atoms with Crippen molar-refractivity contribution in [2.45, 2.75) is 12.6 Å². The molecule has 0 aliphatic rings. The Hall–Kier alpha value is -1.70. The highest BCUT2D eigenvalue weighted by Crippen LogP contribution is 2.22. The fraction of sp³-hybridized carbons (Fsp3) is 0.333. The summed E-state index contributed by atoms with van der Waals surface area (Å²) in [5.74, 6) is -1.20. The highest BCUT2D eigenvalue weighted by molar-refractivity contribution is 7.10. The molecule has 0 saturated carbocycles. The molecule has 0 aliphatic heterocycles. The van der Waals surface area contributed by atoms with Gasteiger partial charge in [-0.25, -0.2) is 0 Å². The molecule has 7 heteroatoms. The third-order valence-corrected chi connectivity index (χ3v) is 5.01. The van der Waals surface area contributed by atoms with Crippen molar-refractivity contribution in [1.29, 1.82) is 0 Å². The minimum Gasteiger partial charge on any atom is -0.346 e. The molecule has 2 heterocycles. The van der Waals surface area contributed by atoms with Gasteiger partial charge in [0.15, 0.2) is 0 Å². The first kappa shape index (κ1) is 16.7. The number of carbonyl (C=O) groups is 2. The molecule has 2 N–H and O–H groups in total. The van der Waals surface area contributed by atoms with Gasteiger partial charge in [-0.3, -0.25) is 9.59 Å². The molecule has 1 atom stereocenters. The van der Waals surface area contributed by atoms with Crippen molar-refractivity contribution in [3.63, 3.8) is 0 Å². The van der Waals surface area contributed by atoms with E-state index in [9.17, 15) is 9.59 Å². The predicted molar refractivity (Wildman–Crippen MR) is 89.9 cm³/mol. The number of thiophene rings is 2. The Labute approximate surface area is 138 Å². The third kappa shape index (κ3) is 4.66. The Kier molecular flexibility index (Phi) is 6.11. The summed E-state index contributed by atoms with van der Waals surface area (Å²) < 4.78 is 0. The maximum absolute atomic E-state index is 11.9. The third-order valence-electron chi connectivity index (χ3n) is 3.16. The largest absolute Gasteiger partial charge is 0.346 e. The van der Waals surface area contributed by atoms with Crippen LogP contribution >= 0.6 is 22.7 Å². The van der Waals surface area contributed by atoms with Crippen LogP contribution in [-0.4, -0.2) is 37.4 Å². The molecule has 0 aromatic carbocycles. The molecule has 0 radical (unpaired) electrons. The maximum Gasteiger partial charge on any atom is 0.309 e. The van der Waals surface area contributed by atoms with Crippen LogP contribution < -0.4 is 10.6 Å². The molecule has 1 unspecified atom stereocenters. The number of hydrogen-bond acceptors (Lipinski definition) is 5. The van der Waals surface area contributed by atoms with Crippen molar-refractivity contribution in [2.75, 3.05) is 20.6 Å². The van der Waals surface area contributed by atoms with Crippen LogP contribution in [0.4, 0.5) is 0 Å². The molecular formula is C15H19N3O2S2. The van der Waals surface area contributed by atoms with Crippen molar-refractivity contribution < 1.29 is 9.59 Å². The Morgan fingerprint density at radius 1 is 1.09 bits per heavy atom. The number of rotatable bonds is 6. The summed E-state index contributed by atoms with van der Waals surface area (Å²) in [7, 11) is 3.90. The molecule has 0 saturated heterocycles. The van der Waals surface area contributed by atoms with E-state index in [0.29, 0.717) is 13.1 Å². The van der Waals surface area contributed by atoms with Crippen molar-refractivity contribution in [3.8, 4) is 0 Å². The molecular weight excluding hydrogens is 318 g/mol. The Morgan fingerprint density at radius 2 is 1.77 bits per heavy atom. The lowest BCUT2D eigenvalue weighted by Crippen LogP contribution is -2.42. The molecule has 0 bridgehead atoms. The average Bonchev–Trinajstić information content (AvgIpc) is 3.17. The number of hydrogen-bond donors (Lipinski definition) is 2. The molecule has 118 valence electrons. The van der Waals surface area contributed by atoms with Crippen LogP contribution in [0.3, 0.4) is 0 Å². The van der Waals surface area contributed by atoms with Crippen molar-refractivity contribution in [1.82, 2.24) is 15.5 Å². The van der Waals surface area contributed by atoms with Crippen LogP contribution in [0.1, 0.15) is 15.8 Å². The van der Waals surface area contributed by atoms with Crippen LogP contribution in [0, 0.1) is 0 Å². The topological polar surface area (TPSA) is 61.4 Å². The number of nitrogens with zero attached hydrogens (tertiary/aromatic N) is 1. The molecule has 0 spiro atoms. The Bertz CT molecular complexity index is 594. The molecule has 2 rings (SSSR count). The smallest absolute Gasteiger partial charge is 0.309 e. The summed E-state index contributed by atoms with van der Waals surface area (Å²) in [6.07, 6.45) is 0. The van der Waals surface area contributed by atoms with Crippen molar-refractivity contribution in [2.24, 2.45) is 0 Å². The van der Waals surface area contributed by atoms with Gasteiger partial charge in [-0.2, -0.15) is 0 Å². The van der Waals surface area contributed by atoms with Gasteiger partial charge in [0.25, 0.3) is 0 Å². The normalized spacial score (nSPS) is 12.1. The van der Waals surface area contributed by atoms with Crippen LogP contribution in [0.15, 0.2) is 35.0 Å². The summed E-state index contributed by atoms with van der Waals surface area (Å²) in [5.41, 5.74) is 0. The lowest BCUT2D eigenvalue weighted by molar-refractivity contribution is -0.139. The first-order chi connectivity index (χ1) is 10.6. The second-order valence-corrected chi connectivity index (χ2v) is 6.98. The standard InChI is InChI=1S/C15H19N3O2S2/c1-18(2)12(13-6-4-8-22-13)10-17-15(20)14(19)16-9-11-5-3-7-21-11/h3-8,12H,9-10H2,1-2H3,(H,16,19)(H,17,20). The number of amides is 2. The lowest BCUT2D eigenvalue weighted by atomic mass is 10.2. The highest BCUT2D eigenvalue weighted by Gasteiger charge is 2.19. The average molecular weight is 337 g/mol. The lowest BCUT2D eigenvalue weighted by Gasteiger charge is -2.23. The van der Waals surface area contributed by atoms with E-state index in [1.807, 2.05) is 54.0 Å².